The molecule has 1 saturated heterocycles. The molecule has 20 heteroatoms. The molecule has 0 saturated carbocycles. The highest BCUT2D eigenvalue weighted by atomic mass is 32.1. The minimum atomic E-state index is -5.71. The lowest BCUT2D eigenvalue weighted by Gasteiger charge is -2.39. The Labute approximate surface area is 174 Å². The molecule has 0 aliphatic carbocycles. The maximum atomic E-state index is 11.8. The van der Waals surface area contributed by atoms with Crippen LogP contribution < -0.4 is 5.32 Å². The number of rotatable bonds is 8. The Hall–Kier alpha value is -0.350. The fourth-order valence-electron chi connectivity index (χ4n) is 2.57. The lowest BCUT2D eigenvalue weighted by Crippen LogP contribution is -2.57. The van der Waals surface area contributed by atoms with Crippen LogP contribution in [0.25, 0.3) is 0 Å². The van der Waals surface area contributed by atoms with Gasteiger partial charge in [-0.2, -0.15) is 8.62 Å². The van der Waals surface area contributed by atoms with Gasteiger partial charge in [0.1, 0.15) is 23.3 Å². The van der Waals surface area contributed by atoms with Crippen molar-refractivity contribution in [2.75, 3.05) is 6.61 Å². The number of hydrogen-bond donors (Lipinski definition) is 8. The fourth-order valence-corrected chi connectivity index (χ4v) is 5.92. The number of phosphoric acid groups is 3. The topological polar surface area (TPSA) is 242 Å². The first-order chi connectivity index (χ1) is 13.4. The maximum absolute atomic E-state index is 11.8. The molecule has 0 radical (unpaired) electrons. The number of nitrogens with zero attached hydrogens (tertiary/aromatic N) is 1. The molecular formula is C10H19N2O14P3S. The molecule has 2 aliphatic heterocycles. The summed E-state index contributed by atoms with van der Waals surface area (Å²) in [5.74, 6) is -0.478. The van der Waals surface area contributed by atoms with Gasteiger partial charge in [0.2, 0.25) is 5.91 Å². The molecule has 4 unspecified atom stereocenters. The number of carbonyl (C=O) groups excluding carboxylic acids is 1. The summed E-state index contributed by atoms with van der Waals surface area (Å²) >= 11 is 4.10. The van der Waals surface area contributed by atoms with Crippen molar-refractivity contribution in [3.8, 4) is 0 Å². The second kappa shape index (κ2) is 8.89. The van der Waals surface area contributed by atoms with E-state index in [0.717, 1.165) is 13.0 Å². The lowest BCUT2D eigenvalue weighted by atomic mass is 9.96. The molecule has 7 atom stereocenters. The van der Waals surface area contributed by atoms with E-state index in [4.69, 9.17) is 19.4 Å². The van der Waals surface area contributed by atoms with Gasteiger partial charge in [-0.05, 0) is 6.92 Å². The quantitative estimate of drug-likeness (QED) is 0.133. The zero-order chi connectivity index (χ0) is 23.1. The van der Waals surface area contributed by atoms with Crippen molar-refractivity contribution in [2.45, 2.75) is 36.5 Å². The van der Waals surface area contributed by atoms with Crippen molar-refractivity contribution in [3.05, 3.63) is 12.3 Å². The summed E-state index contributed by atoms with van der Waals surface area (Å²) in [5, 5.41) is 23.2. The molecule has 0 spiro atoms. The van der Waals surface area contributed by atoms with Crippen molar-refractivity contribution in [1.29, 1.82) is 0 Å². The molecule has 0 bridgehead atoms. The highest BCUT2D eigenvalue weighted by molar-refractivity contribution is 7.80. The number of aliphatic hydroxyl groups excluding tert-OH is 1. The van der Waals surface area contributed by atoms with Crippen LogP contribution >= 0.6 is 36.1 Å². The van der Waals surface area contributed by atoms with E-state index in [0.29, 0.717) is 0 Å². The molecule has 30 heavy (non-hydrogen) atoms. The number of carbonyl (C=O) groups is 1. The Morgan fingerprint density at radius 2 is 1.83 bits per heavy atom. The van der Waals surface area contributed by atoms with Gasteiger partial charge in [-0.1, -0.05) is 0 Å². The zero-order valence-corrected chi connectivity index (χ0v) is 18.4. The molecular weight excluding hydrogens is 497 g/mol. The Morgan fingerprint density at radius 3 is 2.37 bits per heavy atom. The smallest absolute Gasteiger partial charge is 0.387 e. The van der Waals surface area contributed by atoms with E-state index in [9.17, 15) is 33.6 Å². The van der Waals surface area contributed by atoms with Crippen molar-refractivity contribution in [2.24, 2.45) is 0 Å². The van der Waals surface area contributed by atoms with Crippen LogP contribution in [0.2, 0.25) is 0 Å². The Balaban J connectivity index is 2.06. The largest absolute Gasteiger partial charge is 0.490 e. The van der Waals surface area contributed by atoms with Gasteiger partial charge in [0.15, 0.2) is 6.23 Å². The van der Waals surface area contributed by atoms with E-state index in [1.165, 1.54) is 11.1 Å². The van der Waals surface area contributed by atoms with Crippen LogP contribution in [0, 0.1) is 0 Å². The van der Waals surface area contributed by atoms with Crippen LogP contribution in [0.3, 0.4) is 0 Å². The molecule has 1 fully saturated rings. The van der Waals surface area contributed by atoms with Gasteiger partial charge in [0, 0.05) is 12.3 Å². The summed E-state index contributed by atoms with van der Waals surface area (Å²) in [7, 11) is -16.7. The molecule has 16 nitrogen and oxygen atoms in total. The normalized spacial score (nSPS) is 36.3. The Kier molecular flexibility index (Phi) is 7.67. The predicted molar refractivity (Wildman–Crippen MR) is 97.0 cm³/mol. The average Bonchev–Trinajstić information content (AvgIpc) is 2.73. The number of thiol groups is 1. The monoisotopic (exact) mass is 516 g/mol. The molecule has 1 amide bonds. The summed E-state index contributed by atoms with van der Waals surface area (Å²) in [4.78, 5) is 48.1. The number of phosphoric ester groups is 1. The van der Waals surface area contributed by atoms with Crippen LogP contribution in [-0.2, 0) is 36.4 Å². The zero-order valence-electron chi connectivity index (χ0n) is 14.9. The third-order valence-electron chi connectivity index (χ3n) is 3.80. The Bertz CT molecular complexity index is 846. The molecule has 2 heterocycles. The molecule has 174 valence electrons. The van der Waals surface area contributed by atoms with Crippen LogP contribution in [0.5, 0.6) is 0 Å². The summed E-state index contributed by atoms with van der Waals surface area (Å²) in [6.07, 6.45) is -2.20. The molecule has 2 aliphatic rings. The minimum absolute atomic E-state index is 0.478. The van der Waals surface area contributed by atoms with Crippen molar-refractivity contribution < 1.29 is 66.2 Å². The van der Waals surface area contributed by atoms with E-state index in [2.05, 4.69) is 31.1 Å². The summed E-state index contributed by atoms with van der Waals surface area (Å²) in [6.45, 7) is 0.191. The van der Waals surface area contributed by atoms with Crippen molar-refractivity contribution in [1.82, 2.24) is 10.2 Å². The summed E-state index contributed by atoms with van der Waals surface area (Å²) < 4.78 is 50.6. The van der Waals surface area contributed by atoms with E-state index in [1.54, 1.807) is 0 Å². The predicted octanol–water partition coefficient (Wildman–Crippen LogP) is -1.67. The number of amides is 1. The molecule has 7 N–H and O–H groups in total. The van der Waals surface area contributed by atoms with Gasteiger partial charge in [0.05, 0.1) is 6.61 Å². The first kappa shape index (κ1) is 25.9. The molecule has 2 rings (SSSR count). The number of aliphatic hydroxyl groups is 2. The second-order valence-corrected chi connectivity index (χ2v) is 11.1. The van der Waals surface area contributed by atoms with Gasteiger partial charge in [-0.15, -0.1) is 12.6 Å². The van der Waals surface area contributed by atoms with Crippen LogP contribution in [0.15, 0.2) is 12.3 Å². The minimum Gasteiger partial charge on any atom is -0.387 e. The lowest BCUT2D eigenvalue weighted by molar-refractivity contribution is -0.134. The van der Waals surface area contributed by atoms with Crippen molar-refractivity contribution in [3.63, 3.8) is 0 Å². The van der Waals surface area contributed by atoms with Crippen LogP contribution in [0.1, 0.15) is 6.92 Å². The summed E-state index contributed by atoms with van der Waals surface area (Å²) in [6, 6.07) is 0. The van der Waals surface area contributed by atoms with Gasteiger partial charge in [-0.3, -0.25) is 9.32 Å². The van der Waals surface area contributed by atoms with Crippen LogP contribution in [-0.4, -0.2) is 76.7 Å². The standard InChI is InChI=1S/C10H19N2O14P3S/c1-10(15)7(14)5(24-8(10)12-3-2-6(13)11-9(12)30)4-23-28(19,20)26-29(21,22)25-27(16,17)18/h2-3,5,7-9,14-15,30H,4H2,1H3,(H,11,13)(H,19,20)(H,21,22)(H2,16,17,18)/t5-,7+,8-,9?,10?/m1/s1. The van der Waals surface area contributed by atoms with E-state index < -0.39 is 65.5 Å². The molecule has 0 aromatic heterocycles. The Morgan fingerprint density at radius 1 is 1.23 bits per heavy atom. The fraction of sp³-hybridized carbons (Fsp3) is 0.700. The van der Waals surface area contributed by atoms with Gasteiger partial charge < -0.3 is 44.7 Å². The SMILES string of the molecule is CC1(O)[C@@H](O)[C@@H](COP(=O)(O)OP(=O)(O)OP(=O)(O)O)O[C@H]1N1C=CC(=O)NC1S. The van der Waals surface area contributed by atoms with E-state index >= 15 is 0 Å². The van der Waals surface area contributed by atoms with Gasteiger partial charge in [0.25, 0.3) is 0 Å². The third-order valence-corrected chi connectivity index (χ3v) is 7.99. The van der Waals surface area contributed by atoms with Crippen molar-refractivity contribution >= 4 is 42.0 Å². The maximum Gasteiger partial charge on any atom is 0.490 e. The first-order valence-corrected chi connectivity index (χ1v) is 12.8. The van der Waals surface area contributed by atoms with Crippen LogP contribution in [0.4, 0.5) is 0 Å². The second-order valence-electron chi connectivity index (χ2n) is 6.23. The van der Waals surface area contributed by atoms with Gasteiger partial charge >= 0.3 is 23.5 Å². The molecule has 0 aromatic rings. The number of hydrogen-bond acceptors (Lipinski definition) is 12. The van der Waals surface area contributed by atoms with E-state index in [-0.39, 0.29) is 0 Å². The first-order valence-electron chi connectivity index (χ1n) is 7.72. The highest BCUT2D eigenvalue weighted by Gasteiger charge is 2.56. The number of nitrogens with one attached hydrogen (secondary N) is 1. The highest BCUT2D eigenvalue weighted by Crippen LogP contribution is 2.66. The summed E-state index contributed by atoms with van der Waals surface area (Å²) in [5.41, 5.74) is -2.96. The molecule has 0 aromatic carbocycles. The van der Waals surface area contributed by atoms with Gasteiger partial charge in [-0.25, -0.2) is 13.7 Å². The average molecular weight is 516 g/mol. The number of ether oxygens (including phenoxy) is 1. The third kappa shape index (κ3) is 6.58. The van der Waals surface area contributed by atoms with E-state index in [1.807, 2.05) is 0 Å².